The highest BCUT2D eigenvalue weighted by Crippen LogP contribution is 2.40. The molecule has 3 amide bonds. The zero-order valence-electron chi connectivity index (χ0n) is 20.8. The Bertz CT molecular complexity index is 857. The molecule has 0 spiro atoms. The van der Waals surface area contributed by atoms with Gasteiger partial charge in [0, 0.05) is 70.4 Å². The number of piperazine rings is 1. The molecule has 188 valence electrons. The first-order valence-corrected chi connectivity index (χ1v) is 12.4. The number of rotatable bonds is 6. The monoisotopic (exact) mass is 474 g/mol. The summed E-state index contributed by atoms with van der Waals surface area (Å²) in [5.74, 6) is 2.21. The fourth-order valence-electron chi connectivity index (χ4n) is 5.34. The second-order valence-electron chi connectivity index (χ2n) is 9.33. The van der Waals surface area contributed by atoms with Crippen LogP contribution in [-0.2, 0) is 11.3 Å². The third-order valence-corrected chi connectivity index (χ3v) is 7.35. The number of hydrogen-bond donors (Lipinski definition) is 0. The van der Waals surface area contributed by atoms with Crippen molar-refractivity contribution in [3.05, 3.63) is 17.7 Å². The number of carbonyl (C=O) groups is 2. The highest BCUT2D eigenvalue weighted by atomic mass is 16.5. The van der Waals surface area contributed by atoms with Gasteiger partial charge >= 0.3 is 6.03 Å². The quantitative estimate of drug-likeness (QED) is 0.630. The Morgan fingerprint density at radius 3 is 1.97 bits per heavy atom. The molecule has 0 saturated carbocycles. The van der Waals surface area contributed by atoms with Crippen LogP contribution in [0, 0.1) is 5.92 Å². The predicted octanol–water partition coefficient (Wildman–Crippen LogP) is 2.28. The highest BCUT2D eigenvalue weighted by molar-refractivity contribution is 5.80. The van der Waals surface area contributed by atoms with Crippen LogP contribution in [0.15, 0.2) is 12.1 Å². The van der Waals surface area contributed by atoms with E-state index in [1.165, 1.54) is 0 Å². The van der Waals surface area contributed by atoms with Crippen molar-refractivity contribution in [3.8, 4) is 17.2 Å². The molecule has 34 heavy (non-hydrogen) atoms. The van der Waals surface area contributed by atoms with Crippen LogP contribution in [0.2, 0.25) is 0 Å². The van der Waals surface area contributed by atoms with E-state index in [0.29, 0.717) is 30.3 Å². The molecule has 3 aliphatic rings. The molecule has 9 heteroatoms. The molecule has 9 nitrogen and oxygen atoms in total. The van der Waals surface area contributed by atoms with Gasteiger partial charge in [0.05, 0.1) is 21.3 Å². The Labute approximate surface area is 202 Å². The number of likely N-dealkylation sites (tertiary alicyclic amines) is 2. The number of urea groups is 1. The molecule has 0 aromatic heterocycles. The summed E-state index contributed by atoms with van der Waals surface area (Å²) in [5.41, 5.74) is 1.04. The summed E-state index contributed by atoms with van der Waals surface area (Å²) < 4.78 is 16.5. The van der Waals surface area contributed by atoms with E-state index in [0.717, 1.165) is 77.1 Å². The summed E-state index contributed by atoms with van der Waals surface area (Å²) in [4.78, 5) is 34.0. The van der Waals surface area contributed by atoms with Crippen LogP contribution in [0.4, 0.5) is 4.79 Å². The molecule has 3 saturated heterocycles. The van der Waals surface area contributed by atoms with E-state index in [9.17, 15) is 9.59 Å². The summed E-state index contributed by atoms with van der Waals surface area (Å²) in [5, 5.41) is 0. The maximum Gasteiger partial charge on any atom is 0.319 e. The zero-order valence-corrected chi connectivity index (χ0v) is 20.8. The summed E-state index contributed by atoms with van der Waals surface area (Å²) in [6.07, 6.45) is 3.74. The van der Waals surface area contributed by atoms with E-state index in [-0.39, 0.29) is 17.9 Å². The standard InChI is InChI=1S/C25H38N4O5/c1-32-21-7-6-20(22(33-2)23(21)34-3)18-26-14-16-27(17-15-26)24(30)19-8-12-29(13-9-19)25(31)28-10-4-5-11-28/h6-7,19H,4-5,8-18H2,1-3H3. The molecule has 0 aliphatic carbocycles. The first-order chi connectivity index (χ1) is 16.5. The van der Waals surface area contributed by atoms with Crippen LogP contribution in [0.1, 0.15) is 31.2 Å². The normalized spacial score (nSPS) is 19.9. The maximum absolute atomic E-state index is 13.1. The van der Waals surface area contributed by atoms with Crippen molar-refractivity contribution in [2.75, 3.05) is 73.7 Å². The van der Waals surface area contributed by atoms with Gasteiger partial charge in [0.2, 0.25) is 11.7 Å². The van der Waals surface area contributed by atoms with Gasteiger partial charge in [-0.05, 0) is 31.7 Å². The molecule has 3 aliphatic heterocycles. The molecule has 1 aromatic rings. The lowest BCUT2D eigenvalue weighted by Gasteiger charge is -2.39. The smallest absolute Gasteiger partial charge is 0.319 e. The average molecular weight is 475 g/mol. The molecule has 4 rings (SSSR count). The zero-order chi connectivity index (χ0) is 24.1. The second kappa shape index (κ2) is 11.2. The van der Waals surface area contributed by atoms with Crippen LogP contribution in [0.25, 0.3) is 0 Å². The largest absolute Gasteiger partial charge is 0.493 e. The number of piperidine rings is 1. The van der Waals surface area contributed by atoms with Gasteiger partial charge in [0.15, 0.2) is 11.5 Å². The molecule has 0 unspecified atom stereocenters. The van der Waals surface area contributed by atoms with E-state index < -0.39 is 0 Å². The highest BCUT2D eigenvalue weighted by Gasteiger charge is 2.33. The van der Waals surface area contributed by atoms with Crippen molar-refractivity contribution in [1.29, 1.82) is 0 Å². The molecule has 0 radical (unpaired) electrons. The Hall–Kier alpha value is -2.68. The molecule has 3 heterocycles. The van der Waals surface area contributed by atoms with Crippen LogP contribution in [0.5, 0.6) is 17.2 Å². The lowest BCUT2D eigenvalue weighted by molar-refractivity contribution is -0.138. The SMILES string of the molecule is COc1ccc(CN2CCN(C(=O)C3CCN(C(=O)N4CCCC4)CC3)CC2)c(OC)c1OC. The minimum atomic E-state index is 0.0279. The Morgan fingerprint density at radius 2 is 1.38 bits per heavy atom. The third-order valence-electron chi connectivity index (χ3n) is 7.35. The first-order valence-electron chi connectivity index (χ1n) is 12.4. The van der Waals surface area contributed by atoms with E-state index in [2.05, 4.69) is 4.90 Å². The van der Waals surface area contributed by atoms with Gasteiger partial charge in [-0.25, -0.2) is 4.79 Å². The number of benzene rings is 1. The Balaban J connectivity index is 1.26. The molecule has 1 aromatic carbocycles. The van der Waals surface area contributed by atoms with E-state index in [1.807, 2.05) is 26.8 Å². The second-order valence-corrected chi connectivity index (χ2v) is 9.33. The van der Waals surface area contributed by atoms with Crippen molar-refractivity contribution >= 4 is 11.9 Å². The molecule has 0 atom stereocenters. The average Bonchev–Trinajstić information content (AvgIpc) is 3.43. The number of carbonyl (C=O) groups excluding carboxylic acids is 2. The fourth-order valence-corrected chi connectivity index (χ4v) is 5.34. The molecular formula is C25H38N4O5. The van der Waals surface area contributed by atoms with Gasteiger partial charge in [0.1, 0.15) is 0 Å². The van der Waals surface area contributed by atoms with E-state index in [4.69, 9.17) is 14.2 Å². The van der Waals surface area contributed by atoms with E-state index >= 15 is 0 Å². The van der Waals surface area contributed by atoms with Crippen LogP contribution in [-0.4, -0.2) is 105 Å². The first kappa shape index (κ1) is 24.4. The third kappa shape index (κ3) is 5.19. The summed E-state index contributed by atoms with van der Waals surface area (Å²) in [7, 11) is 4.87. The topological polar surface area (TPSA) is 74.8 Å². The van der Waals surface area contributed by atoms with Gasteiger partial charge in [-0.15, -0.1) is 0 Å². The van der Waals surface area contributed by atoms with Crippen LogP contribution < -0.4 is 14.2 Å². The predicted molar refractivity (Wildman–Crippen MR) is 128 cm³/mol. The number of methoxy groups -OCH3 is 3. The van der Waals surface area contributed by atoms with Gasteiger partial charge in [-0.2, -0.15) is 0 Å². The Morgan fingerprint density at radius 1 is 0.765 bits per heavy atom. The van der Waals surface area contributed by atoms with Crippen molar-refractivity contribution in [3.63, 3.8) is 0 Å². The maximum atomic E-state index is 13.1. The van der Waals surface area contributed by atoms with Crippen molar-refractivity contribution < 1.29 is 23.8 Å². The lowest BCUT2D eigenvalue weighted by atomic mass is 9.95. The van der Waals surface area contributed by atoms with Crippen molar-refractivity contribution in [2.45, 2.75) is 32.2 Å². The summed E-state index contributed by atoms with van der Waals surface area (Å²) in [6, 6.07) is 4.06. The number of ether oxygens (including phenoxy) is 3. The van der Waals surface area contributed by atoms with Crippen molar-refractivity contribution in [1.82, 2.24) is 19.6 Å². The number of amides is 3. The Kier molecular flexibility index (Phi) is 8.03. The van der Waals surface area contributed by atoms with E-state index in [1.54, 1.807) is 21.3 Å². The van der Waals surface area contributed by atoms with Crippen molar-refractivity contribution in [2.24, 2.45) is 5.92 Å². The molecular weight excluding hydrogens is 436 g/mol. The van der Waals surface area contributed by atoms with Gasteiger partial charge < -0.3 is 28.9 Å². The fraction of sp³-hybridized carbons (Fsp3) is 0.680. The van der Waals surface area contributed by atoms with Crippen LogP contribution >= 0.6 is 0 Å². The lowest BCUT2D eigenvalue weighted by Crippen LogP contribution is -2.52. The summed E-state index contributed by atoms with van der Waals surface area (Å²) >= 11 is 0. The minimum Gasteiger partial charge on any atom is -0.493 e. The summed E-state index contributed by atoms with van der Waals surface area (Å²) in [6.45, 7) is 6.92. The number of nitrogens with zero attached hydrogens (tertiary/aromatic N) is 4. The molecule has 3 fully saturated rings. The minimum absolute atomic E-state index is 0.0279. The van der Waals surface area contributed by atoms with Crippen LogP contribution in [0.3, 0.4) is 0 Å². The number of hydrogen-bond acceptors (Lipinski definition) is 6. The van der Waals surface area contributed by atoms with Gasteiger partial charge in [-0.1, -0.05) is 6.07 Å². The van der Waals surface area contributed by atoms with Gasteiger partial charge in [0.25, 0.3) is 0 Å². The molecule has 0 N–H and O–H groups in total. The molecule has 0 bridgehead atoms. The van der Waals surface area contributed by atoms with Gasteiger partial charge in [-0.3, -0.25) is 9.69 Å².